The molecule has 1 unspecified atom stereocenters. The smallest absolute Gasteiger partial charge is 0.326 e. The Morgan fingerprint density at radius 3 is 2.61 bits per heavy atom. The van der Waals surface area contributed by atoms with Gasteiger partial charge in [-0.25, -0.2) is 4.79 Å². The van der Waals surface area contributed by atoms with Crippen LogP contribution in [0.15, 0.2) is 28.7 Å². The van der Waals surface area contributed by atoms with Gasteiger partial charge in [-0.3, -0.25) is 4.79 Å². The summed E-state index contributed by atoms with van der Waals surface area (Å²) in [7, 11) is 0. The molecule has 0 saturated heterocycles. The van der Waals surface area contributed by atoms with E-state index in [-0.39, 0.29) is 0 Å². The van der Waals surface area contributed by atoms with Crippen LogP contribution in [0.2, 0.25) is 0 Å². The quantitative estimate of drug-likeness (QED) is 0.739. The first-order valence-electron chi connectivity index (χ1n) is 5.54. The van der Waals surface area contributed by atoms with Gasteiger partial charge in [0.2, 0.25) is 0 Å². The summed E-state index contributed by atoms with van der Waals surface area (Å²) < 4.78 is 0.630. The molecular weight excluding hydrogens is 300 g/mol. The lowest BCUT2D eigenvalue weighted by atomic mass is 10.1. The van der Waals surface area contributed by atoms with E-state index in [2.05, 4.69) is 21.2 Å². The molecule has 18 heavy (non-hydrogen) atoms. The molecule has 1 aromatic carbocycles. The molecule has 0 aliphatic rings. The first-order valence-corrected chi connectivity index (χ1v) is 6.34. The number of carboxylic acids is 1. The largest absolute Gasteiger partial charge is 0.480 e. The van der Waals surface area contributed by atoms with Crippen LogP contribution in [0.5, 0.6) is 0 Å². The number of hydrogen-bond donors (Lipinski definition) is 3. The second kappa shape index (κ2) is 7.13. The minimum Gasteiger partial charge on any atom is -0.480 e. The topological polar surface area (TPSA) is 92.4 Å². The Kier molecular flexibility index (Phi) is 5.80. The summed E-state index contributed by atoms with van der Waals surface area (Å²) >= 11 is 3.25. The van der Waals surface area contributed by atoms with Crippen molar-refractivity contribution in [1.29, 1.82) is 0 Å². The zero-order valence-electron chi connectivity index (χ0n) is 9.73. The number of carbonyl (C=O) groups excluding carboxylic acids is 1. The summed E-state index contributed by atoms with van der Waals surface area (Å²) in [5, 5.41) is 11.5. The van der Waals surface area contributed by atoms with Crippen molar-refractivity contribution in [3.8, 4) is 0 Å². The molecule has 1 aromatic rings. The standard InChI is InChI=1S/C12H15BrN2O3/c13-9-5-2-1-4-8(9)11(16)15-10(12(17)18)6-3-7-14/h1-2,4-5,10H,3,6-7,14H2,(H,15,16)(H,17,18). The van der Waals surface area contributed by atoms with Crippen molar-refractivity contribution < 1.29 is 14.7 Å². The number of nitrogens with one attached hydrogen (secondary N) is 1. The van der Waals surface area contributed by atoms with Crippen molar-refractivity contribution >= 4 is 27.8 Å². The van der Waals surface area contributed by atoms with E-state index in [1.54, 1.807) is 24.3 Å². The molecule has 0 aliphatic carbocycles. The number of aliphatic carboxylic acids is 1. The molecule has 0 radical (unpaired) electrons. The Bertz CT molecular complexity index is 437. The maximum absolute atomic E-state index is 11.9. The number of rotatable bonds is 6. The fraction of sp³-hybridized carbons (Fsp3) is 0.333. The number of carbonyl (C=O) groups is 2. The average molecular weight is 315 g/mol. The van der Waals surface area contributed by atoms with Gasteiger partial charge < -0.3 is 16.2 Å². The number of hydrogen-bond acceptors (Lipinski definition) is 3. The summed E-state index contributed by atoms with van der Waals surface area (Å²) in [6.07, 6.45) is 0.870. The molecule has 4 N–H and O–H groups in total. The van der Waals surface area contributed by atoms with Gasteiger partial charge in [0.25, 0.3) is 5.91 Å². The maximum atomic E-state index is 11.9. The third kappa shape index (κ3) is 4.12. The van der Waals surface area contributed by atoms with E-state index in [0.29, 0.717) is 29.4 Å². The molecule has 0 bridgehead atoms. The highest BCUT2D eigenvalue weighted by atomic mass is 79.9. The molecular formula is C12H15BrN2O3. The molecule has 98 valence electrons. The van der Waals surface area contributed by atoms with Crippen molar-refractivity contribution in [3.05, 3.63) is 34.3 Å². The molecule has 0 heterocycles. The van der Waals surface area contributed by atoms with Crippen molar-refractivity contribution in [2.75, 3.05) is 6.54 Å². The fourth-order valence-corrected chi connectivity index (χ4v) is 1.93. The van der Waals surface area contributed by atoms with Crippen LogP contribution < -0.4 is 11.1 Å². The molecule has 0 aromatic heterocycles. The van der Waals surface area contributed by atoms with Crippen LogP contribution in [0, 0.1) is 0 Å². The minimum atomic E-state index is -1.05. The van der Waals surface area contributed by atoms with E-state index in [4.69, 9.17) is 10.8 Å². The SMILES string of the molecule is NCCCC(NC(=O)c1ccccc1Br)C(=O)O. The Labute approximate surface area is 113 Å². The zero-order valence-corrected chi connectivity index (χ0v) is 11.3. The summed E-state index contributed by atoms with van der Waals surface area (Å²) in [5.41, 5.74) is 5.74. The minimum absolute atomic E-state index is 0.321. The van der Waals surface area contributed by atoms with E-state index in [0.717, 1.165) is 0 Å². The van der Waals surface area contributed by atoms with Gasteiger partial charge in [-0.1, -0.05) is 12.1 Å². The van der Waals surface area contributed by atoms with Gasteiger partial charge in [0.05, 0.1) is 5.56 Å². The van der Waals surface area contributed by atoms with E-state index in [1.165, 1.54) is 0 Å². The first kappa shape index (κ1) is 14.7. The molecule has 0 spiro atoms. The predicted octanol–water partition coefficient (Wildman–Crippen LogP) is 1.37. The van der Waals surface area contributed by atoms with Crippen LogP contribution in [0.25, 0.3) is 0 Å². The summed E-state index contributed by atoms with van der Waals surface area (Å²) in [5.74, 6) is -1.46. The molecule has 1 rings (SSSR count). The van der Waals surface area contributed by atoms with Crippen LogP contribution in [-0.4, -0.2) is 29.6 Å². The van der Waals surface area contributed by atoms with Gasteiger partial charge in [0.1, 0.15) is 6.04 Å². The highest BCUT2D eigenvalue weighted by molar-refractivity contribution is 9.10. The van der Waals surface area contributed by atoms with E-state index in [1.807, 2.05) is 0 Å². The van der Waals surface area contributed by atoms with Crippen molar-refractivity contribution in [2.45, 2.75) is 18.9 Å². The summed E-state index contributed by atoms with van der Waals surface area (Å²) in [6, 6.07) is 5.94. The van der Waals surface area contributed by atoms with Gasteiger partial charge in [-0.2, -0.15) is 0 Å². The van der Waals surface area contributed by atoms with Crippen molar-refractivity contribution in [3.63, 3.8) is 0 Å². The lowest BCUT2D eigenvalue weighted by Gasteiger charge is -2.14. The second-order valence-corrected chi connectivity index (χ2v) is 4.63. The number of nitrogens with two attached hydrogens (primary N) is 1. The van der Waals surface area contributed by atoms with Crippen LogP contribution in [0.4, 0.5) is 0 Å². The van der Waals surface area contributed by atoms with Gasteiger partial charge in [0, 0.05) is 4.47 Å². The maximum Gasteiger partial charge on any atom is 0.326 e. The number of amides is 1. The Hall–Kier alpha value is -1.40. The highest BCUT2D eigenvalue weighted by Gasteiger charge is 2.20. The first-order chi connectivity index (χ1) is 8.56. The van der Waals surface area contributed by atoms with E-state index in [9.17, 15) is 9.59 Å². The number of carboxylic acid groups (broad SMARTS) is 1. The van der Waals surface area contributed by atoms with Crippen LogP contribution in [0.1, 0.15) is 23.2 Å². The van der Waals surface area contributed by atoms with Crippen LogP contribution in [-0.2, 0) is 4.79 Å². The molecule has 0 aliphatic heterocycles. The monoisotopic (exact) mass is 314 g/mol. The summed E-state index contributed by atoms with van der Waals surface area (Å²) in [4.78, 5) is 22.9. The highest BCUT2D eigenvalue weighted by Crippen LogP contribution is 2.15. The van der Waals surface area contributed by atoms with Gasteiger partial charge in [-0.05, 0) is 47.4 Å². The molecule has 5 nitrogen and oxygen atoms in total. The normalized spacial score (nSPS) is 11.9. The number of halogens is 1. The lowest BCUT2D eigenvalue weighted by Crippen LogP contribution is -2.41. The fourth-order valence-electron chi connectivity index (χ4n) is 1.46. The molecule has 6 heteroatoms. The number of benzene rings is 1. The van der Waals surface area contributed by atoms with Gasteiger partial charge >= 0.3 is 5.97 Å². The zero-order chi connectivity index (χ0) is 13.5. The second-order valence-electron chi connectivity index (χ2n) is 3.78. The molecule has 0 fully saturated rings. The Balaban J connectivity index is 2.72. The van der Waals surface area contributed by atoms with Gasteiger partial charge in [0.15, 0.2) is 0 Å². The molecule has 1 amide bonds. The third-order valence-electron chi connectivity index (χ3n) is 2.42. The molecule has 1 atom stereocenters. The Morgan fingerprint density at radius 1 is 1.39 bits per heavy atom. The van der Waals surface area contributed by atoms with Crippen molar-refractivity contribution in [1.82, 2.24) is 5.32 Å². The van der Waals surface area contributed by atoms with Crippen LogP contribution in [0.3, 0.4) is 0 Å². The molecule has 0 saturated carbocycles. The lowest BCUT2D eigenvalue weighted by molar-refractivity contribution is -0.139. The predicted molar refractivity (Wildman–Crippen MR) is 71.3 cm³/mol. The Morgan fingerprint density at radius 2 is 2.06 bits per heavy atom. The van der Waals surface area contributed by atoms with Crippen LogP contribution >= 0.6 is 15.9 Å². The van der Waals surface area contributed by atoms with Gasteiger partial charge in [-0.15, -0.1) is 0 Å². The third-order valence-corrected chi connectivity index (χ3v) is 3.11. The summed E-state index contributed by atoms with van der Waals surface area (Å²) in [6.45, 7) is 0.398. The van der Waals surface area contributed by atoms with E-state index < -0.39 is 17.9 Å². The van der Waals surface area contributed by atoms with Crippen molar-refractivity contribution in [2.24, 2.45) is 5.73 Å². The van der Waals surface area contributed by atoms with E-state index >= 15 is 0 Å². The average Bonchev–Trinajstić information content (AvgIpc) is 2.34.